The molecule has 1 radical (unpaired) electrons. The van der Waals surface area contributed by atoms with Crippen LogP contribution in [0.15, 0.2) is 72.8 Å². The molecule has 4 rings (SSSR count). The monoisotopic (exact) mass is 931 g/mol. The average molecular weight is 932 g/mol. The Balaban J connectivity index is 2.05. The normalized spacial score (nSPS) is 13.4. The summed E-state index contributed by atoms with van der Waals surface area (Å²) >= 11 is 0. The Hall–Kier alpha value is -6.48. The van der Waals surface area contributed by atoms with E-state index in [9.17, 15) is 40.5 Å². The van der Waals surface area contributed by atoms with Crippen LogP contribution in [0.25, 0.3) is 22.3 Å². The minimum absolute atomic E-state index is 0.0143. The molecule has 3 N–H and O–H groups in total. The Morgan fingerprint density at radius 3 is 1.91 bits per heavy atom. The standard InChI is InChI=1S/C47H63N8O12/c1-30(2)34(7)50-29-65-42-23-36(53(58)59)16-18-38(42)39-20-21-41(64-27-48-26-47(8,9)10)44(45(39)55(62)63)40-19-17-37(54(60)61)24-43(40)67-46(66-28-49-31(3)4)52(35-14-12-11-13-15-35)33(6)22-32(5)25-51(56)57/h11-20,23-24,30-34,46,48-50H,22,25-29H2,1-10H3. The summed E-state index contributed by atoms with van der Waals surface area (Å²) in [5.41, 5.74) is -1.01. The van der Waals surface area contributed by atoms with Crippen molar-refractivity contribution >= 4 is 22.7 Å². The zero-order valence-electron chi connectivity index (χ0n) is 39.8. The minimum atomic E-state index is -1.40. The van der Waals surface area contributed by atoms with Crippen molar-refractivity contribution in [2.75, 3.05) is 38.2 Å². The lowest BCUT2D eigenvalue weighted by Gasteiger charge is -2.38. The van der Waals surface area contributed by atoms with Gasteiger partial charge in [0.05, 0.1) is 32.5 Å². The lowest BCUT2D eigenvalue weighted by Crippen LogP contribution is -2.49. The number of benzene rings is 4. The molecular formula is C47H63N8O12. The van der Waals surface area contributed by atoms with E-state index in [0.717, 1.165) is 6.07 Å². The smallest absolute Gasteiger partial charge is 0.289 e. The van der Waals surface area contributed by atoms with Crippen molar-refractivity contribution in [1.29, 1.82) is 0 Å². The van der Waals surface area contributed by atoms with E-state index in [1.807, 2.05) is 68.4 Å². The van der Waals surface area contributed by atoms with Crippen LogP contribution in [0, 0.1) is 63.8 Å². The van der Waals surface area contributed by atoms with Gasteiger partial charge in [0.15, 0.2) is 0 Å². The minimum Gasteiger partial charge on any atom is -0.477 e. The molecule has 0 fully saturated rings. The quantitative estimate of drug-likeness (QED) is 0.0218. The van der Waals surface area contributed by atoms with E-state index in [4.69, 9.17) is 18.9 Å². The molecule has 0 heterocycles. The number of nitrogens with one attached hydrogen (secondary N) is 3. The number of nitrogens with zero attached hydrogens (tertiary/aromatic N) is 5. The molecule has 0 spiro atoms. The molecule has 0 saturated carbocycles. The van der Waals surface area contributed by atoms with Gasteiger partial charge in [-0.1, -0.05) is 59.7 Å². The van der Waals surface area contributed by atoms with Gasteiger partial charge in [-0.3, -0.25) is 56.4 Å². The summed E-state index contributed by atoms with van der Waals surface area (Å²) in [4.78, 5) is 49.1. The molecule has 4 unspecified atom stereocenters. The number of nitro benzene ring substituents is 3. The highest BCUT2D eigenvalue weighted by Crippen LogP contribution is 2.50. The molecule has 0 aliphatic carbocycles. The van der Waals surface area contributed by atoms with Gasteiger partial charge in [-0.25, -0.2) is 0 Å². The Morgan fingerprint density at radius 1 is 0.716 bits per heavy atom. The SMILES string of the molecule is CC(CC(C)N(c1ccccc1)C(OCNC(C)C)Oc1cc([N+](=O)[O-])ccc1-c1c(OCNCC(C)(C)C)[c]cc(-c2ccc([N+](=O)[O-])cc2OCNC(C)C(C)C)c1[N+](=O)[O-])C[N+](=O)[O-]. The van der Waals surface area contributed by atoms with Crippen LogP contribution in [0.5, 0.6) is 17.2 Å². The summed E-state index contributed by atoms with van der Waals surface area (Å²) in [7, 11) is 0. The first-order valence-corrected chi connectivity index (χ1v) is 22.0. The number of hydrogen-bond donors (Lipinski definition) is 3. The second-order valence-electron chi connectivity index (χ2n) is 18.2. The van der Waals surface area contributed by atoms with Gasteiger partial charge < -0.3 is 23.8 Å². The molecule has 0 aromatic heterocycles. The van der Waals surface area contributed by atoms with Crippen LogP contribution in [-0.2, 0) is 4.74 Å². The van der Waals surface area contributed by atoms with Crippen LogP contribution in [-0.4, -0.2) is 77.5 Å². The molecule has 0 amide bonds. The number of rotatable bonds is 27. The predicted molar refractivity (Wildman–Crippen MR) is 255 cm³/mol. The summed E-state index contributed by atoms with van der Waals surface area (Å²) in [5.74, 6) is -0.553. The van der Waals surface area contributed by atoms with Gasteiger partial charge in [0.25, 0.3) is 23.5 Å². The number of nitro groups is 4. The average Bonchev–Trinajstić information content (AvgIpc) is 3.24. The summed E-state index contributed by atoms with van der Waals surface area (Å²) in [6.07, 6.45) is -1.10. The molecule has 0 saturated heterocycles. The fourth-order valence-electron chi connectivity index (χ4n) is 6.98. The van der Waals surface area contributed by atoms with Crippen molar-refractivity contribution in [2.24, 2.45) is 17.3 Å². The maximum Gasteiger partial charge on any atom is 0.289 e. The van der Waals surface area contributed by atoms with Crippen LogP contribution in [0.1, 0.15) is 75.7 Å². The van der Waals surface area contributed by atoms with Gasteiger partial charge in [0, 0.05) is 70.5 Å². The van der Waals surface area contributed by atoms with Gasteiger partial charge in [-0.2, -0.15) is 0 Å². The van der Waals surface area contributed by atoms with Gasteiger partial charge in [0.1, 0.15) is 43.0 Å². The van der Waals surface area contributed by atoms with E-state index >= 15 is 0 Å². The van der Waals surface area contributed by atoms with Crippen molar-refractivity contribution in [2.45, 2.75) is 100 Å². The van der Waals surface area contributed by atoms with Crippen molar-refractivity contribution in [3.63, 3.8) is 0 Å². The Morgan fingerprint density at radius 2 is 1.34 bits per heavy atom. The Bertz CT molecular complexity index is 2310. The van der Waals surface area contributed by atoms with E-state index in [2.05, 4.69) is 22.0 Å². The van der Waals surface area contributed by atoms with Crippen molar-refractivity contribution in [3.8, 4) is 39.5 Å². The Labute approximate surface area is 390 Å². The van der Waals surface area contributed by atoms with Gasteiger partial charge in [-0.05, 0) is 75.8 Å². The largest absolute Gasteiger partial charge is 0.477 e. The van der Waals surface area contributed by atoms with Gasteiger partial charge >= 0.3 is 0 Å². The molecule has 4 atom stereocenters. The summed E-state index contributed by atoms with van der Waals surface area (Å²) in [6, 6.07) is 20.1. The maximum absolute atomic E-state index is 13.7. The van der Waals surface area contributed by atoms with E-state index in [1.54, 1.807) is 36.1 Å². The molecule has 4 aromatic carbocycles. The maximum atomic E-state index is 13.7. The molecular weight excluding hydrogens is 869 g/mol. The van der Waals surface area contributed by atoms with Crippen molar-refractivity contribution in [1.82, 2.24) is 16.0 Å². The lowest BCUT2D eigenvalue weighted by atomic mass is 9.93. The van der Waals surface area contributed by atoms with E-state index in [0.29, 0.717) is 18.7 Å². The molecule has 363 valence electrons. The first kappa shape index (κ1) is 53.1. The number of anilines is 1. The molecule has 4 aromatic rings. The summed E-state index contributed by atoms with van der Waals surface area (Å²) in [5, 5.41) is 59.2. The van der Waals surface area contributed by atoms with Gasteiger partial charge in [0.2, 0.25) is 6.54 Å². The molecule has 0 aliphatic heterocycles. The van der Waals surface area contributed by atoms with Crippen LogP contribution >= 0.6 is 0 Å². The van der Waals surface area contributed by atoms with E-state index in [1.165, 1.54) is 36.4 Å². The molecule has 20 heteroatoms. The van der Waals surface area contributed by atoms with Crippen LogP contribution < -0.4 is 35.1 Å². The highest BCUT2D eigenvalue weighted by atomic mass is 16.7. The molecule has 67 heavy (non-hydrogen) atoms. The fourth-order valence-corrected chi connectivity index (χ4v) is 6.98. The second-order valence-corrected chi connectivity index (χ2v) is 18.2. The highest BCUT2D eigenvalue weighted by Gasteiger charge is 2.35. The first-order chi connectivity index (χ1) is 31.6. The zero-order valence-corrected chi connectivity index (χ0v) is 39.8. The molecule has 0 bridgehead atoms. The summed E-state index contributed by atoms with van der Waals surface area (Å²) in [6.45, 7) is 19.3. The third kappa shape index (κ3) is 15.6. The second kappa shape index (κ2) is 24.3. The fraction of sp³-hybridized carbons (Fsp3) is 0.489. The predicted octanol–water partition coefficient (Wildman–Crippen LogP) is 9.32. The zero-order chi connectivity index (χ0) is 49.6. The van der Waals surface area contributed by atoms with E-state index in [-0.39, 0.29) is 100 Å². The highest BCUT2D eigenvalue weighted by molar-refractivity contribution is 5.93. The third-order valence-corrected chi connectivity index (χ3v) is 10.7. The number of para-hydroxylation sites is 1. The number of hydrogen-bond acceptors (Lipinski definition) is 16. The van der Waals surface area contributed by atoms with Crippen LogP contribution in [0.2, 0.25) is 0 Å². The van der Waals surface area contributed by atoms with Crippen molar-refractivity contribution in [3.05, 3.63) is 119 Å². The Kier molecular flexibility index (Phi) is 19.3. The number of non-ortho nitro benzene ring substituents is 2. The van der Waals surface area contributed by atoms with Crippen LogP contribution in [0.3, 0.4) is 0 Å². The van der Waals surface area contributed by atoms with Crippen LogP contribution in [0.4, 0.5) is 22.7 Å². The van der Waals surface area contributed by atoms with E-state index < -0.39 is 44.5 Å². The number of ether oxygens (including phenoxy) is 4. The van der Waals surface area contributed by atoms with Crippen molar-refractivity contribution < 1.29 is 38.6 Å². The summed E-state index contributed by atoms with van der Waals surface area (Å²) < 4.78 is 25.5. The first-order valence-electron chi connectivity index (χ1n) is 22.0. The molecule has 0 aliphatic rings. The molecule has 20 nitrogen and oxygen atoms in total. The van der Waals surface area contributed by atoms with Gasteiger partial charge in [-0.15, -0.1) is 0 Å². The lowest BCUT2D eigenvalue weighted by molar-refractivity contribution is -0.487. The topological polar surface area (TPSA) is 249 Å². The third-order valence-electron chi connectivity index (χ3n) is 10.7.